The van der Waals surface area contributed by atoms with Gasteiger partial charge in [-0.2, -0.15) is 5.10 Å². The minimum atomic E-state index is -0.999. The lowest BCUT2D eigenvalue weighted by Gasteiger charge is -2.16. The van der Waals surface area contributed by atoms with E-state index in [9.17, 15) is 5.11 Å². The Hall–Kier alpha value is -1.14. The summed E-state index contributed by atoms with van der Waals surface area (Å²) in [6.45, 7) is 1.41. The molecule has 1 N–H and O–H groups in total. The molecule has 1 atom stereocenters. The number of aliphatic hydroxyl groups excluding tert-OH is 1. The number of aromatic nitrogens is 3. The van der Waals surface area contributed by atoms with E-state index in [1.165, 1.54) is 6.20 Å². The highest BCUT2D eigenvalue weighted by Crippen LogP contribution is 2.30. The summed E-state index contributed by atoms with van der Waals surface area (Å²) in [5.74, 6) is 0. The molecule has 0 saturated heterocycles. The van der Waals surface area contributed by atoms with Gasteiger partial charge in [-0.05, 0) is 26.2 Å². The first-order valence-electron chi connectivity index (χ1n) is 6.15. The summed E-state index contributed by atoms with van der Waals surface area (Å²) in [4.78, 5) is 6.15. The lowest BCUT2D eigenvalue weighted by atomic mass is 10.1. The van der Waals surface area contributed by atoms with Crippen molar-refractivity contribution in [1.82, 2.24) is 19.7 Å². The van der Waals surface area contributed by atoms with Crippen LogP contribution in [-0.2, 0) is 6.54 Å². The largest absolute Gasteiger partial charge is 0.380 e. The Bertz CT molecular complexity index is 586. The van der Waals surface area contributed by atoms with Crippen LogP contribution in [0.4, 0.5) is 0 Å². The first-order valence-corrected chi connectivity index (χ1v) is 6.90. The minimum absolute atomic E-state index is 0.377. The van der Waals surface area contributed by atoms with Crippen molar-refractivity contribution in [2.45, 2.75) is 12.6 Å². The van der Waals surface area contributed by atoms with Gasteiger partial charge in [-0.3, -0.25) is 9.67 Å². The van der Waals surface area contributed by atoms with E-state index in [2.05, 4.69) is 10.1 Å². The van der Waals surface area contributed by atoms with Crippen molar-refractivity contribution < 1.29 is 5.11 Å². The first kappa shape index (κ1) is 15.3. The summed E-state index contributed by atoms with van der Waals surface area (Å²) in [5.41, 5.74) is 0.886. The van der Waals surface area contributed by atoms with E-state index in [0.717, 1.165) is 6.54 Å². The molecule has 2 heterocycles. The Kier molecular flexibility index (Phi) is 4.99. The van der Waals surface area contributed by atoms with Gasteiger partial charge in [0.05, 0.1) is 34.2 Å². The summed E-state index contributed by atoms with van der Waals surface area (Å²) < 4.78 is 1.68. The van der Waals surface area contributed by atoms with Crippen LogP contribution in [0.15, 0.2) is 24.5 Å². The van der Waals surface area contributed by atoms with Crippen molar-refractivity contribution in [2.75, 3.05) is 20.6 Å². The van der Waals surface area contributed by atoms with Gasteiger partial charge < -0.3 is 10.0 Å². The molecule has 5 nitrogen and oxygen atoms in total. The van der Waals surface area contributed by atoms with E-state index in [-0.39, 0.29) is 0 Å². The maximum absolute atomic E-state index is 10.5. The molecule has 2 rings (SSSR count). The van der Waals surface area contributed by atoms with Crippen molar-refractivity contribution >= 4 is 23.2 Å². The van der Waals surface area contributed by atoms with Crippen LogP contribution in [0.25, 0.3) is 0 Å². The average molecular weight is 315 g/mol. The lowest BCUT2D eigenvalue weighted by molar-refractivity contribution is 0.201. The third kappa shape index (κ3) is 3.30. The first-order chi connectivity index (χ1) is 9.50. The van der Waals surface area contributed by atoms with Crippen molar-refractivity contribution in [3.63, 3.8) is 0 Å². The standard InChI is InChI=1S/C13H16Cl2N4O/c1-18(2)6-7-19-12(10(15)8-17-19)13(20)11-9(14)4-3-5-16-11/h3-5,8,13,20H,6-7H2,1-2H3. The zero-order valence-corrected chi connectivity index (χ0v) is 12.8. The number of pyridine rings is 1. The number of rotatable bonds is 5. The predicted molar refractivity (Wildman–Crippen MR) is 79.1 cm³/mol. The Labute approximate surface area is 127 Å². The van der Waals surface area contributed by atoms with Gasteiger partial charge in [0.25, 0.3) is 0 Å². The van der Waals surface area contributed by atoms with Crippen LogP contribution >= 0.6 is 23.2 Å². The normalized spacial score (nSPS) is 12.9. The molecule has 0 aliphatic rings. The van der Waals surface area contributed by atoms with E-state index in [0.29, 0.717) is 28.0 Å². The van der Waals surface area contributed by atoms with Gasteiger partial charge in [0.2, 0.25) is 0 Å². The maximum atomic E-state index is 10.5. The molecule has 108 valence electrons. The summed E-state index contributed by atoms with van der Waals surface area (Å²) in [6.07, 6.45) is 2.10. The van der Waals surface area contributed by atoms with Gasteiger partial charge in [-0.25, -0.2) is 0 Å². The third-order valence-electron chi connectivity index (χ3n) is 2.90. The number of hydrogen-bond acceptors (Lipinski definition) is 4. The van der Waals surface area contributed by atoms with Crippen LogP contribution in [-0.4, -0.2) is 45.4 Å². The molecule has 0 aromatic carbocycles. The number of hydrogen-bond donors (Lipinski definition) is 1. The molecule has 2 aromatic rings. The van der Waals surface area contributed by atoms with Gasteiger partial charge in [0, 0.05) is 12.7 Å². The molecule has 0 radical (unpaired) electrons. The highest BCUT2D eigenvalue weighted by Gasteiger charge is 2.23. The van der Waals surface area contributed by atoms with Crippen LogP contribution < -0.4 is 0 Å². The summed E-state index contributed by atoms with van der Waals surface area (Å²) in [7, 11) is 3.94. The topological polar surface area (TPSA) is 54.2 Å². The second kappa shape index (κ2) is 6.54. The number of likely N-dealkylation sites (N-methyl/N-ethyl adjacent to an activating group) is 1. The smallest absolute Gasteiger partial charge is 0.140 e. The van der Waals surface area contributed by atoms with E-state index in [1.54, 1.807) is 23.0 Å². The van der Waals surface area contributed by atoms with Crippen LogP contribution in [0, 0.1) is 0 Å². The van der Waals surface area contributed by atoms with E-state index in [1.807, 2.05) is 19.0 Å². The Morgan fingerprint density at radius 1 is 1.35 bits per heavy atom. The highest BCUT2D eigenvalue weighted by molar-refractivity contribution is 6.32. The van der Waals surface area contributed by atoms with Crippen LogP contribution in [0.1, 0.15) is 17.5 Å². The van der Waals surface area contributed by atoms with Gasteiger partial charge in [-0.1, -0.05) is 23.2 Å². The van der Waals surface area contributed by atoms with Gasteiger partial charge in [-0.15, -0.1) is 0 Å². The van der Waals surface area contributed by atoms with Crippen molar-refractivity contribution in [1.29, 1.82) is 0 Å². The van der Waals surface area contributed by atoms with Crippen molar-refractivity contribution in [3.05, 3.63) is 46.0 Å². The third-order valence-corrected chi connectivity index (χ3v) is 3.51. The zero-order chi connectivity index (χ0) is 14.7. The second-order valence-electron chi connectivity index (χ2n) is 4.68. The number of nitrogens with zero attached hydrogens (tertiary/aromatic N) is 4. The molecule has 0 aliphatic heterocycles. The number of aliphatic hydroxyl groups is 1. The van der Waals surface area contributed by atoms with Gasteiger partial charge in [0.1, 0.15) is 6.10 Å². The molecule has 2 aromatic heterocycles. The molecule has 0 fully saturated rings. The number of halogens is 2. The SMILES string of the molecule is CN(C)CCn1ncc(Cl)c1C(O)c1ncccc1Cl. The van der Waals surface area contributed by atoms with Gasteiger partial charge in [0.15, 0.2) is 0 Å². The summed E-state index contributed by atoms with van der Waals surface area (Å²) in [6, 6.07) is 3.39. The molecule has 0 aliphatic carbocycles. The average Bonchev–Trinajstić information content (AvgIpc) is 2.77. The molecular formula is C13H16Cl2N4O. The van der Waals surface area contributed by atoms with Crippen LogP contribution in [0.3, 0.4) is 0 Å². The molecule has 0 spiro atoms. The molecular weight excluding hydrogens is 299 g/mol. The van der Waals surface area contributed by atoms with Crippen molar-refractivity contribution in [2.24, 2.45) is 0 Å². The van der Waals surface area contributed by atoms with E-state index in [4.69, 9.17) is 23.2 Å². The highest BCUT2D eigenvalue weighted by atomic mass is 35.5. The Morgan fingerprint density at radius 2 is 2.10 bits per heavy atom. The Morgan fingerprint density at radius 3 is 2.75 bits per heavy atom. The summed E-state index contributed by atoms with van der Waals surface area (Å²) >= 11 is 12.2. The molecule has 0 amide bonds. The predicted octanol–water partition coefficient (Wildman–Crippen LogP) is 2.23. The fraction of sp³-hybridized carbons (Fsp3) is 0.385. The molecule has 0 saturated carbocycles. The maximum Gasteiger partial charge on any atom is 0.140 e. The molecule has 20 heavy (non-hydrogen) atoms. The van der Waals surface area contributed by atoms with E-state index < -0.39 is 6.10 Å². The minimum Gasteiger partial charge on any atom is -0.380 e. The zero-order valence-electron chi connectivity index (χ0n) is 11.3. The summed E-state index contributed by atoms with van der Waals surface area (Å²) in [5, 5.41) is 15.5. The van der Waals surface area contributed by atoms with Gasteiger partial charge >= 0.3 is 0 Å². The molecule has 0 bridgehead atoms. The van der Waals surface area contributed by atoms with Crippen LogP contribution in [0.5, 0.6) is 0 Å². The quantitative estimate of drug-likeness (QED) is 0.919. The second-order valence-corrected chi connectivity index (χ2v) is 5.49. The van der Waals surface area contributed by atoms with E-state index >= 15 is 0 Å². The van der Waals surface area contributed by atoms with Crippen molar-refractivity contribution in [3.8, 4) is 0 Å². The Balaban J connectivity index is 2.32. The fourth-order valence-electron chi connectivity index (χ4n) is 1.85. The lowest BCUT2D eigenvalue weighted by Crippen LogP contribution is -2.21. The monoisotopic (exact) mass is 314 g/mol. The fourth-order valence-corrected chi connectivity index (χ4v) is 2.31. The molecule has 1 unspecified atom stereocenters. The molecule has 7 heteroatoms. The van der Waals surface area contributed by atoms with Crippen LogP contribution in [0.2, 0.25) is 10.0 Å².